The minimum atomic E-state index is -0.983. The molecule has 0 bridgehead atoms. The minimum absolute atomic E-state index is 0.0787. The van der Waals surface area contributed by atoms with E-state index >= 15 is 0 Å². The number of hydrogen-bond acceptors (Lipinski definition) is 2. The maximum atomic E-state index is 13.5. The number of nitrogens with one attached hydrogen (secondary N) is 1. The molecule has 0 aliphatic rings. The van der Waals surface area contributed by atoms with Crippen molar-refractivity contribution in [2.45, 2.75) is 19.9 Å². The molecule has 5 heteroatoms. The maximum Gasteiger partial charge on any atom is 0.335 e. The van der Waals surface area contributed by atoms with E-state index in [1.165, 1.54) is 12.1 Å². The van der Waals surface area contributed by atoms with Crippen LogP contribution in [0.1, 0.15) is 34.5 Å². The van der Waals surface area contributed by atoms with Gasteiger partial charge in [-0.3, -0.25) is 0 Å². The van der Waals surface area contributed by atoms with E-state index in [-0.39, 0.29) is 16.6 Å². The molecule has 1 atom stereocenters. The van der Waals surface area contributed by atoms with Crippen LogP contribution in [-0.2, 0) is 0 Å². The van der Waals surface area contributed by atoms with Crippen LogP contribution in [0.25, 0.3) is 0 Å². The second-order valence-electron chi connectivity index (χ2n) is 4.87. The summed E-state index contributed by atoms with van der Waals surface area (Å²) in [6, 6.07) is 9.29. The van der Waals surface area contributed by atoms with E-state index < -0.39 is 11.8 Å². The lowest BCUT2D eigenvalue weighted by molar-refractivity contribution is 0.0697. The quantitative estimate of drug-likeness (QED) is 0.863. The van der Waals surface area contributed by atoms with Crippen LogP contribution in [-0.4, -0.2) is 11.1 Å². The van der Waals surface area contributed by atoms with Gasteiger partial charge in [0.15, 0.2) is 0 Å². The van der Waals surface area contributed by atoms with Crippen LogP contribution in [0.4, 0.5) is 10.1 Å². The summed E-state index contributed by atoms with van der Waals surface area (Å²) in [5.74, 6) is -1.46. The van der Waals surface area contributed by atoms with Crippen LogP contribution in [0.3, 0.4) is 0 Å². The fourth-order valence-corrected chi connectivity index (χ4v) is 2.13. The van der Waals surface area contributed by atoms with Crippen LogP contribution in [0.2, 0.25) is 5.02 Å². The molecule has 2 rings (SSSR count). The molecule has 0 spiro atoms. The monoisotopic (exact) mass is 307 g/mol. The first kappa shape index (κ1) is 15.3. The first-order valence-corrected chi connectivity index (χ1v) is 6.81. The van der Waals surface area contributed by atoms with E-state index in [1.807, 2.05) is 13.8 Å². The highest BCUT2D eigenvalue weighted by atomic mass is 35.5. The lowest BCUT2D eigenvalue weighted by Gasteiger charge is -2.18. The number of aryl methyl sites for hydroxylation is 1. The van der Waals surface area contributed by atoms with Gasteiger partial charge >= 0.3 is 5.97 Å². The van der Waals surface area contributed by atoms with Crippen molar-refractivity contribution in [2.24, 2.45) is 0 Å². The standard InChI is InChI=1S/C16H15ClFNO2/c1-9-3-4-12(16(20)21)8-15(9)19-10(2)11-5-6-13(17)14(18)7-11/h3-8,10,19H,1-2H3,(H,20,21). The first-order chi connectivity index (χ1) is 9.88. The first-order valence-electron chi connectivity index (χ1n) is 6.44. The molecule has 1 unspecified atom stereocenters. The third kappa shape index (κ3) is 3.52. The molecule has 2 aromatic carbocycles. The molecule has 2 aromatic rings. The summed E-state index contributed by atoms with van der Waals surface area (Å²) in [5, 5.41) is 12.3. The number of benzene rings is 2. The molecular weight excluding hydrogens is 293 g/mol. The summed E-state index contributed by atoms with van der Waals surface area (Å²) in [5.41, 5.74) is 2.56. The lowest BCUT2D eigenvalue weighted by atomic mass is 10.1. The van der Waals surface area contributed by atoms with Gasteiger partial charge in [0, 0.05) is 11.7 Å². The Morgan fingerprint density at radius 1 is 1.29 bits per heavy atom. The van der Waals surface area contributed by atoms with Crippen molar-refractivity contribution < 1.29 is 14.3 Å². The summed E-state index contributed by atoms with van der Waals surface area (Å²) in [6.07, 6.45) is 0. The fraction of sp³-hybridized carbons (Fsp3) is 0.188. The third-order valence-corrected chi connectivity index (χ3v) is 3.61. The minimum Gasteiger partial charge on any atom is -0.478 e. The Balaban J connectivity index is 2.26. The molecule has 110 valence electrons. The largest absolute Gasteiger partial charge is 0.478 e. The number of hydrogen-bond donors (Lipinski definition) is 2. The predicted molar refractivity (Wildman–Crippen MR) is 81.6 cm³/mol. The Morgan fingerprint density at radius 3 is 2.62 bits per heavy atom. The highest BCUT2D eigenvalue weighted by Crippen LogP contribution is 2.25. The highest BCUT2D eigenvalue weighted by molar-refractivity contribution is 6.30. The molecule has 0 amide bonds. The number of halogens is 2. The van der Waals surface area contributed by atoms with Crippen molar-refractivity contribution in [1.29, 1.82) is 0 Å². The number of carboxylic acid groups (broad SMARTS) is 1. The Morgan fingerprint density at radius 2 is 2.00 bits per heavy atom. The molecule has 0 aliphatic carbocycles. The summed E-state index contributed by atoms with van der Waals surface area (Å²) < 4.78 is 13.5. The van der Waals surface area contributed by atoms with Gasteiger partial charge in [-0.1, -0.05) is 23.7 Å². The summed E-state index contributed by atoms with van der Waals surface area (Å²) in [6.45, 7) is 3.75. The summed E-state index contributed by atoms with van der Waals surface area (Å²) >= 11 is 5.67. The molecule has 0 aromatic heterocycles. The second kappa shape index (κ2) is 6.14. The lowest BCUT2D eigenvalue weighted by Crippen LogP contribution is -2.09. The molecule has 21 heavy (non-hydrogen) atoms. The zero-order valence-corrected chi connectivity index (χ0v) is 12.4. The zero-order chi connectivity index (χ0) is 15.6. The molecule has 0 saturated carbocycles. The number of carbonyl (C=O) groups is 1. The van der Waals surface area contributed by atoms with Gasteiger partial charge in [-0.2, -0.15) is 0 Å². The van der Waals surface area contributed by atoms with Crippen LogP contribution in [0, 0.1) is 12.7 Å². The van der Waals surface area contributed by atoms with Crippen molar-refractivity contribution in [3.8, 4) is 0 Å². The Hall–Kier alpha value is -2.07. The SMILES string of the molecule is Cc1ccc(C(=O)O)cc1NC(C)c1ccc(Cl)c(F)c1. The van der Waals surface area contributed by atoms with E-state index in [4.69, 9.17) is 16.7 Å². The second-order valence-corrected chi connectivity index (χ2v) is 5.28. The van der Waals surface area contributed by atoms with E-state index in [2.05, 4.69) is 5.32 Å². The number of aromatic carboxylic acids is 1. The molecule has 0 fully saturated rings. The molecular formula is C16H15ClFNO2. The third-order valence-electron chi connectivity index (χ3n) is 3.30. The predicted octanol–water partition coefficient (Wildman–Crippen LogP) is 4.66. The molecule has 0 saturated heterocycles. The Bertz CT molecular complexity index is 688. The molecule has 0 aliphatic heterocycles. The van der Waals surface area contributed by atoms with Crippen molar-refractivity contribution in [1.82, 2.24) is 0 Å². The number of carboxylic acids is 1. The van der Waals surface area contributed by atoms with Crippen LogP contribution in [0.15, 0.2) is 36.4 Å². The van der Waals surface area contributed by atoms with Gasteiger partial charge in [0.1, 0.15) is 5.82 Å². The van der Waals surface area contributed by atoms with Gasteiger partial charge in [-0.15, -0.1) is 0 Å². The van der Waals surface area contributed by atoms with Crippen LogP contribution in [0.5, 0.6) is 0 Å². The molecule has 3 nitrogen and oxygen atoms in total. The van der Waals surface area contributed by atoms with Crippen molar-refractivity contribution in [3.05, 3.63) is 63.9 Å². The highest BCUT2D eigenvalue weighted by Gasteiger charge is 2.11. The van der Waals surface area contributed by atoms with E-state index in [9.17, 15) is 9.18 Å². The van der Waals surface area contributed by atoms with Gasteiger partial charge in [-0.25, -0.2) is 9.18 Å². The van der Waals surface area contributed by atoms with Crippen molar-refractivity contribution in [2.75, 3.05) is 5.32 Å². The fourth-order valence-electron chi connectivity index (χ4n) is 2.01. The average molecular weight is 308 g/mol. The smallest absolute Gasteiger partial charge is 0.335 e. The molecule has 0 radical (unpaired) electrons. The topological polar surface area (TPSA) is 49.3 Å². The summed E-state index contributed by atoms with van der Waals surface area (Å²) in [4.78, 5) is 11.0. The molecule has 2 N–H and O–H groups in total. The number of rotatable bonds is 4. The maximum absolute atomic E-state index is 13.5. The van der Waals surface area contributed by atoms with E-state index in [0.717, 1.165) is 11.1 Å². The average Bonchev–Trinajstić information content (AvgIpc) is 2.43. The van der Waals surface area contributed by atoms with Gasteiger partial charge in [-0.05, 0) is 49.2 Å². The Labute approximate surface area is 127 Å². The van der Waals surface area contributed by atoms with Crippen molar-refractivity contribution >= 4 is 23.3 Å². The van der Waals surface area contributed by atoms with Crippen LogP contribution < -0.4 is 5.32 Å². The summed E-state index contributed by atoms with van der Waals surface area (Å²) in [7, 11) is 0. The van der Waals surface area contributed by atoms with Gasteiger partial charge < -0.3 is 10.4 Å². The van der Waals surface area contributed by atoms with Crippen LogP contribution >= 0.6 is 11.6 Å². The van der Waals surface area contributed by atoms with Gasteiger partial charge in [0.25, 0.3) is 0 Å². The Kier molecular flexibility index (Phi) is 4.48. The molecule has 0 heterocycles. The normalized spacial score (nSPS) is 12.0. The van der Waals surface area contributed by atoms with E-state index in [1.54, 1.807) is 24.3 Å². The zero-order valence-electron chi connectivity index (χ0n) is 11.7. The van der Waals surface area contributed by atoms with Crippen molar-refractivity contribution in [3.63, 3.8) is 0 Å². The van der Waals surface area contributed by atoms with Gasteiger partial charge in [0.2, 0.25) is 0 Å². The van der Waals surface area contributed by atoms with E-state index in [0.29, 0.717) is 5.69 Å². The van der Waals surface area contributed by atoms with Gasteiger partial charge in [0.05, 0.1) is 10.6 Å². The number of anilines is 1.